The Morgan fingerprint density at radius 3 is 2.18 bits per heavy atom. The third kappa shape index (κ3) is 10.1. The van der Waals surface area contributed by atoms with E-state index in [0.29, 0.717) is 0 Å². The van der Waals surface area contributed by atoms with Crippen molar-refractivity contribution < 1.29 is 22.8 Å². The van der Waals surface area contributed by atoms with E-state index in [4.69, 9.17) is 9.79 Å². The van der Waals surface area contributed by atoms with Crippen molar-refractivity contribution in [2.24, 2.45) is 0 Å². The summed E-state index contributed by atoms with van der Waals surface area (Å²) in [6.45, 7) is -0.233. The molecule has 8 heteroatoms. The van der Waals surface area contributed by atoms with Crippen LogP contribution >= 0.6 is 7.75 Å². The largest absolute Gasteiger partial charge is 0.400 e. The van der Waals surface area contributed by atoms with Gasteiger partial charge >= 0.3 is 7.75 Å². The molecule has 0 aliphatic heterocycles. The van der Waals surface area contributed by atoms with Crippen LogP contribution in [0.4, 0.5) is 0 Å². The summed E-state index contributed by atoms with van der Waals surface area (Å²) < 4.78 is 31.0. The number of hydrogen-bond donors (Lipinski definition) is 3. The molecule has 0 amide bonds. The van der Waals surface area contributed by atoms with Gasteiger partial charge in [-0.1, -0.05) is 0 Å². The van der Waals surface area contributed by atoms with Crippen molar-refractivity contribution in [1.29, 1.82) is 0 Å². The molecule has 0 unspecified atom stereocenters. The minimum atomic E-state index is -4.27. The molecule has 68 valence electrons. The smallest absolute Gasteiger partial charge is 0.313 e. The van der Waals surface area contributed by atoms with Crippen LogP contribution in [0.2, 0.25) is 0 Å². The third-order valence-corrected chi connectivity index (χ3v) is 2.37. The van der Waals surface area contributed by atoms with Crippen molar-refractivity contribution >= 4 is 17.6 Å². The first kappa shape index (κ1) is 11.1. The van der Waals surface area contributed by atoms with Crippen molar-refractivity contribution in [1.82, 2.24) is 5.09 Å². The highest BCUT2D eigenvalue weighted by molar-refractivity contribution is 7.90. The van der Waals surface area contributed by atoms with Gasteiger partial charge in [-0.3, -0.25) is 0 Å². The number of nitrogens with one attached hydrogen (secondary N) is 1. The van der Waals surface area contributed by atoms with E-state index in [1.165, 1.54) is 0 Å². The van der Waals surface area contributed by atoms with Crippen LogP contribution in [0.25, 0.3) is 0 Å². The fraction of sp³-hybridized carbons (Fsp3) is 1.00. The molecule has 11 heavy (non-hydrogen) atoms. The van der Waals surface area contributed by atoms with Crippen LogP contribution in [0.3, 0.4) is 0 Å². The fourth-order valence-electron chi connectivity index (χ4n) is 0.377. The first-order chi connectivity index (χ1) is 4.71. The van der Waals surface area contributed by atoms with Crippen molar-refractivity contribution in [2.45, 2.75) is 0 Å². The van der Waals surface area contributed by atoms with Crippen LogP contribution in [-0.2, 0) is 14.4 Å². The normalized spacial score (nSPS) is 13.4. The van der Waals surface area contributed by atoms with Gasteiger partial charge in [0.2, 0.25) is 0 Å². The van der Waals surface area contributed by atoms with Gasteiger partial charge in [0.25, 0.3) is 0 Å². The number of rotatable bonds is 4. The Kier molecular flexibility index (Phi) is 3.66. The zero-order chi connectivity index (χ0) is 9.12. The summed E-state index contributed by atoms with van der Waals surface area (Å²) in [5.74, 6) is -0.280. The van der Waals surface area contributed by atoms with E-state index in [9.17, 15) is 13.0 Å². The van der Waals surface area contributed by atoms with Gasteiger partial charge in [-0.15, -0.1) is 0 Å². The first-order valence-corrected chi connectivity index (χ1v) is 6.36. The fourth-order valence-corrected chi connectivity index (χ4v) is 1.40. The maximum atomic E-state index is 10.4. The van der Waals surface area contributed by atoms with E-state index in [1.54, 1.807) is 5.09 Å². The minimum absolute atomic E-state index is 0.233. The summed E-state index contributed by atoms with van der Waals surface area (Å²) in [6, 6.07) is 0. The zero-order valence-corrected chi connectivity index (χ0v) is 7.60. The van der Waals surface area contributed by atoms with Crippen molar-refractivity contribution in [3.8, 4) is 0 Å². The zero-order valence-electron chi connectivity index (χ0n) is 5.89. The molecule has 0 saturated carbocycles. The van der Waals surface area contributed by atoms with Gasteiger partial charge in [0.1, 0.15) is 9.84 Å². The summed E-state index contributed by atoms with van der Waals surface area (Å²) in [6.07, 6.45) is 0.994. The lowest BCUT2D eigenvalue weighted by Crippen LogP contribution is -2.19. The molecule has 3 N–H and O–H groups in total. The number of hydrogen-bond acceptors (Lipinski definition) is 3. The number of sulfone groups is 1. The maximum absolute atomic E-state index is 10.4. The first-order valence-electron chi connectivity index (χ1n) is 2.69. The van der Waals surface area contributed by atoms with E-state index in [-0.39, 0.29) is 12.3 Å². The lowest BCUT2D eigenvalue weighted by Gasteiger charge is -2.03. The SMILES string of the molecule is CS(=O)(=O)CCNP(=O)(O)O. The summed E-state index contributed by atoms with van der Waals surface area (Å²) in [7, 11) is -7.42. The molecule has 6 nitrogen and oxygen atoms in total. The Morgan fingerprint density at radius 1 is 1.45 bits per heavy atom. The lowest BCUT2D eigenvalue weighted by molar-refractivity contribution is 0.359. The van der Waals surface area contributed by atoms with Crippen molar-refractivity contribution in [3.63, 3.8) is 0 Å². The third-order valence-electron chi connectivity index (χ3n) is 0.791. The van der Waals surface area contributed by atoms with Crippen LogP contribution < -0.4 is 5.09 Å². The van der Waals surface area contributed by atoms with E-state index in [2.05, 4.69) is 0 Å². The highest BCUT2D eigenvalue weighted by Gasteiger charge is 2.12. The predicted molar refractivity (Wildman–Crippen MR) is 39.8 cm³/mol. The molecule has 0 saturated heterocycles. The molecule has 0 aromatic heterocycles. The van der Waals surface area contributed by atoms with Gasteiger partial charge in [0, 0.05) is 12.8 Å². The van der Waals surface area contributed by atoms with Crippen LogP contribution in [0, 0.1) is 0 Å². The Labute approximate surface area is 64.8 Å². The van der Waals surface area contributed by atoms with Crippen LogP contribution in [0.1, 0.15) is 0 Å². The molecule has 0 atom stereocenters. The molecular weight excluding hydrogens is 193 g/mol. The quantitative estimate of drug-likeness (QED) is 0.491. The van der Waals surface area contributed by atoms with E-state index < -0.39 is 17.6 Å². The van der Waals surface area contributed by atoms with Crippen LogP contribution in [0.5, 0.6) is 0 Å². The second-order valence-corrected chi connectivity index (χ2v) is 5.75. The Hall–Kier alpha value is 0.0600. The molecule has 0 radical (unpaired) electrons. The predicted octanol–water partition coefficient (Wildman–Crippen LogP) is -1.29. The molecule has 0 aliphatic carbocycles. The Morgan fingerprint density at radius 2 is 1.91 bits per heavy atom. The summed E-state index contributed by atoms with van der Waals surface area (Å²) in [5, 5.41) is 1.77. The Balaban J connectivity index is 3.70. The Bertz CT molecular complexity index is 253. The van der Waals surface area contributed by atoms with Gasteiger partial charge in [0.05, 0.1) is 5.75 Å². The van der Waals surface area contributed by atoms with Gasteiger partial charge in [-0.25, -0.2) is 18.1 Å². The lowest BCUT2D eigenvalue weighted by atomic mass is 10.8. The molecule has 0 spiro atoms. The molecular formula is C3H10NO5PS. The topological polar surface area (TPSA) is 104 Å². The summed E-state index contributed by atoms with van der Waals surface area (Å²) in [4.78, 5) is 16.4. The van der Waals surface area contributed by atoms with Gasteiger partial charge in [-0.05, 0) is 0 Å². The highest BCUT2D eigenvalue weighted by Crippen LogP contribution is 2.27. The minimum Gasteiger partial charge on any atom is -0.313 e. The molecule has 0 fully saturated rings. The van der Waals surface area contributed by atoms with Crippen LogP contribution in [0.15, 0.2) is 0 Å². The maximum Gasteiger partial charge on any atom is 0.400 e. The standard InChI is InChI=1S/C3H10NO5PS/c1-11(8,9)3-2-4-10(5,6)7/h2-3H2,1H3,(H3,4,5,6,7). The van der Waals surface area contributed by atoms with E-state index in [1.807, 2.05) is 0 Å². The summed E-state index contributed by atoms with van der Waals surface area (Å²) in [5.41, 5.74) is 0. The summed E-state index contributed by atoms with van der Waals surface area (Å²) >= 11 is 0. The van der Waals surface area contributed by atoms with Gasteiger partial charge < -0.3 is 9.79 Å². The molecule has 0 rings (SSSR count). The molecule has 0 bridgehead atoms. The monoisotopic (exact) mass is 203 g/mol. The second kappa shape index (κ2) is 3.64. The van der Waals surface area contributed by atoms with Crippen molar-refractivity contribution in [3.05, 3.63) is 0 Å². The van der Waals surface area contributed by atoms with Crippen LogP contribution in [-0.4, -0.2) is 36.8 Å². The average molecular weight is 203 g/mol. The van der Waals surface area contributed by atoms with Gasteiger partial charge in [0.15, 0.2) is 0 Å². The molecule has 0 heterocycles. The second-order valence-electron chi connectivity index (χ2n) is 2.08. The highest BCUT2D eigenvalue weighted by atomic mass is 32.2. The molecule has 0 aliphatic rings. The molecule has 0 aromatic carbocycles. The van der Waals surface area contributed by atoms with E-state index >= 15 is 0 Å². The van der Waals surface area contributed by atoms with Crippen molar-refractivity contribution in [2.75, 3.05) is 18.6 Å². The average Bonchev–Trinajstić information content (AvgIpc) is 1.55. The van der Waals surface area contributed by atoms with Gasteiger partial charge in [-0.2, -0.15) is 0 Å². The van der Waals surface area contributed by atoms with E-state index in [0.717, 1.165) is 6.26 Å². The molecule has 0 aromatic rings.